The first-order chi connectivity index (χ1) is 9.76. The van der Waals surface area contributed by atoms with Crippen LogP contribution in [0, 0.1) is 5.92 Å². The molecule has 0 spiro atoms. The van der Waals surface area contributed by atoms with E-state index in [1.165, 1.54) is 44.9 Å². The van der Waals surface area contributed by atoms with E-state index in [-0.39, 0.29) is 0 Å². The van der Waals surface area contributed by atoms with Crippen molar-refractivity contribution in [3.05, 3.63) is 0 Å². The van der Waals surface area contributed by atoms with Crippen molar-refractivity contribution < 1.29 is 4.79 Å². The fraction of sp³-hybridized carbons (Fsp3) is 0.938. The summed E-state index contributed by atoms with van der Waals surface area (Å²) in [5.41, 5.74) is 5.94. The molecule has 0 aromatic carbocycles. The van der Waals surface area contributed by atoms with E-state index in [1.807, 2.05) is 0 Å². The van der Waals surface area contributed by atoms with E-state index in [0.29, 0.717) is 24.4 Å². The largest absolute Gasteiger partial charge is 0.342 e. The van der Waals surface area contributed by atoms with Gasteiger partial charge in [-0.15, -0.1) is 0 Å². The van der Waals surface area contributed by atoms with Crippen molar-refractivity contribution in [2.75, 3.05) is 32.7 Å². The second-order valence-electron chi connectivity index (χ2n) is 6.35. The monoisotopic (exact) mass is 281 g/mol. The molecular formula is C16H31N3O. The summed E-state index contributed by atoms with van der Waals surface area (Å²) in [6.45, 7) is 6.41. The molecule has 0 aromatic heterocycles. The molecule has 2 aliphatic rings. The Morgan fingerprint density at radius 2 is 1.85 bits per heavy atom. The van der Waals surface area contributed by atoms with Gasteiger partial charge in [-0.1, -0.05) is 19.8 Å². The molecule has 116 valence electrons. The minimum absolute atomic E-state index is 0.327. The number of nitrogens with zero attached hydrogens (tertiary/aromatic N) is 2. The first-order valence-corrected chi connectivity index (χ1v) is 8.48. The Morgan fingerprint density at radius 3 is 2.50 bits per heavy atom. The number of hydrogen-bond donors (Lipinski definition) is 1. The van der Waals surface area contributed by atoms with Gasteiger partial charge in [0.25, 0.3) is 0 Å². The van der Waals surface area contributed by atoms with E-state index in [0.717, 1.165) is 26.2 Å². The standard InChI is InChI=1S/C16H31N3O/c1-2-18(15-9-5-4-8-14(15)12-17)13-16(20)19-10-6-3-7-11-19/h14-15H,2-13,17H2,1H3. The molecule has 0 aromatic rings. The Balaban J connectivity index is 1.91. The third-order valence-corrected chi connectivity index (χ3v) is 5.09. The molecule has 1 saturated heterocycles. The van der Waals surface area contributed by atoms with Gasteiger partial charge in [-0.05, 0) is 51.1 Å². The van der Waals surface area contributed by atoms with E-state index < -0.39 is 0 Å². The number of likely N-dealkylation sites (tertiary alicyclic amines) is 1. The van der Waals surface area contributed by atoms with E-state index >= 15 is 0 Å². The van der Waals surface area contributed by atoms with Crippen LogP contribution in [0.5, 0.6) is 0 Å². The summed E-state index contributed by atoms with van der Waals surface area (Å²) in [5.74, 6) is 0.908. The van der Waals surface area contributed by atoms with Crippen LogP contribution in [0.25, 0.3) is 0 Å². The summed E-state index contributed by atoms with van der Waals surface area (Å²) in [6, 6.07) is 0.521. The maximum atomic E-state index is 12.5. The Bertz CT molecular complexity index is 302. The van der Waals surface area contributed by atoms with Gasteiger partial charge >= 0.3 is 0 Å². The molecule has 2 rings (SSSR count). The Kier molecular flexibility index (Phi) is 6.30. The van der Waals surface area contributed by atoms with Gasteiger partial charge < -0.3 is 10.6 Å². The van der Waals surface area contributed by atoms with Crippen molar-refractivity contribution in [2.24, 2.45) is 11.7 Å². The van der Waals surface area contributed by atoms with Gasteiger partial charge in [0.1, 0.15) is 0 Å². The van der Waals surface area contributed by atoms with E-state index in [4.69, 9.17) is 5.73 Å². The molecule has 2 fully saturated rings. The first kappa shape index (κ1) is 15.8. The van der Waals surface area contributed by atoms with E-state index in [2.05, 4.69) is 16.7 Å². The van der Waals surface area contributed by atoms with Crippen molar-refractivity contribution >= 4 is 5.91 Å². The van der Waals surface area contributed by atoms with Crippen molar-refractivity contribution in [1.29, 1.82) is 0 Å². The SMILES string of the molecule is CCN(CC(=O)N1CCCCC1)C1CCCCC1CN. The van der Waals surface area contributed by atoms with Gasteiger partial charge in [-0.25, -0.2) is 0 Å². The third-order valence-electron chi connectivity index (χ3n) is 5.09. The molecule has 2 unspecified atom stereocenters. The highest BCUT2D eigenvalue weighted by molar-refractivity contribution is 5.78. The highest BCUT2D eigenvalue weighted by atomic mass is 16.2. The molecule has 1 saturated carbocycles. The fourth-order valence-electron chi connectivity index (χ4n) is 3.82. The summed E-state index contributed by atoms with van der Waals surface area (Å²) >= 11 is 0. The molecule has 2 atom stereocenters. The average molecular weight is 281 g/mol. The molecule has 2 N–H and O–H groups in total. The second-order valence-corrected chi connectivity index (χ2v) is 6.35. The summed E-state index contributed by atoms with van der Waals surface area (Å²) in [7, 11) is 0. The Morgan fingerprint density at radius 1 is 1.15 bits per heavy atom. The molecule has 1 aliphatic heterocycles. The van der Waals surface area contributed by atoms with Gasteiger partial charge in [0.05, 0.1) is 6.54 Å². The predicted octanol–water partition coefficient (Wildman–Crippen LogP) is 1.84. The highest BCUT2D eigenvalue weighted by Crippen LogP contribution is 2.27. The van der Waals surface area contributed by atoms with E-state index in [9.17, 15) is 4.79 Å². The number of hydrogen-bond acceptors (Lipinski definition) is 3. The average Bonchev–Trinajstić information content (AvgIpc) is 2.53. The number of carbonyl (C=O) groups is 1. The summed E-state index contributed by atoms with van der Waals surface area (Å²) in [4.78, 5) is 16.9. The van der Waals surface area contributed by atoms with Crippen LogP contribution in [0.1, 0.15) is 51.9 Å². The minimum atomic E-state index is 0.327. The molecule has 0 bridgehead atoms. The van der Waals surface area contributed by atoms with Crippen LogP contribution in [-0.4, -0.2) is 54.5 Å². The number of carbonyl (C=O) groups excluding carboxylic acids is 1. The molecule has 4 heteroatoms. The zero-order valence-electron chi connectivity index (χ0n) is 13.0. The lowest BCUT2D eigenvalue weighted by molar-refractivity contribution is -0.134. The lowest BCUT2D eigenvalue weighted by atomic mass is 9.83. The van der Waals surface area contributed by atoms with Gasteiger partial charge in [-0.2, -0.15) is 0 Å². The molecule has 4 nitrogen and oxygen atoms in total. The Hall–Kier alpha value is -0.610. The lowest BCUT2D eigenvalue weighted by Crippen LogP contribution is -2.50. The zero-order valence-corrected chi connectivity index (χ0v) is 13.0. The maximum Gasteiger partial charge on any atom is 0.236 e. The molecule has 1 aliphatic carbocycles. The van der Waals surface area contributed by atoms with Gasteiger partial charge in [0, 0.05) is 19.1 Å². The summed E-state index contributed by atoms with van der Waals surface area (Å²) in [5, 5.41) is 0. The van der Waals surface area contributed by atoms with Crippen molar-refractivity contribution in [3.63, 3.8) is 0 Å². The van der Waals surface area contributed by atoms with Crippen molar-refractivity contribution in [3.8, 4) is 0 Å². The van der Waals surface area contributed by atoms with Crippen LogP contribution >= 0.6 is 0 Å². The summed E-state index contributed by atoms with van der Waals surface area (Å²) in [6.07, 6.45) is 8.66. The summed E-state index contributed by atoms with van der Waals surface area (Å²) < 4.78 is 0. The third kappa shape index (κ3) is 3.95. The molecular weight excluding hydrogens is 250 g/mol. The lowest BCUT2D eigenvalue weighted by Gasteiger charge is -2.40. The minimum Gasteiger partial charge on any atom is -0.342 e. The highest BCUT2D eigenvalue weighted by Gasteiger charge is 2.30. The zero-order chi connectivity index (χ0) is 14.4. The number of nitrogens with two attached hydrogens (primary N) is 1. The molecule has 1 amide bonds. The van der Waals surface area contributed by atoms with Crippen LogP contribution in [0.2, 0.25) is 0 Å². The van der Waals surface area contributed by atoms with Gasteiger partial charge in [0.15, 0.2) is 0 Å². The van der Waals surface area contributed by atoms with Crippen molar-refractivity contribution in [1.82, 2.24) is 9.80 Å². The Labute approximate surface area is 123 Å². The normalized spacial score (nSPS) is 27.9. The van der Waals surface area contributed by atoms with Crippen molar-refractivity contribution in [2.45, 2.75) is 57.9 Å². The second kappa shape index (κ2) is 7.99. The first-order valence-electron chi connectivity index (χ1n) is 8.48. The number of likely N-dealkylation sites (N-methyl/N-ethyl adjacent to an activating group) is 1. The number of rotatable bonds is 5. The smallest absolute Gasteiger partial charge is 0.236 e. The topological polar surface area (TPSA) is 49.6 Å². The maximum absolute atomic E-state index is 12.5. The number of piperidine rings is 1. The van der Waals surface area contributed by atoms with Crippen LogP contribution < -0.4 is 5.73 Å². The van der Waals surface area contributed by atoms with Crippen LogP contribution in [0.3, 0.4) is 0 Å². The quantitative estimate of drug-likeness (QED) is 0.836. The van der Waals surface area contributed by atoms with Crippen LogP contribution in [0.4, 0.5) is 0 Å². The van der Waals surface area contributed by atoms with Gasteiger partial charge in [-0.3, -0.25) is 9.69 Å². The molecule has 20 heavy (non-hydrogen) atoms. The van der Waals surface area contributed by atoms with Crippen LogP contribution in [-0.2, 0) is 4.79 Å². The van der Waals surface area contributed by atoms with Crippen LogP contribution in [0.15, 0.2) is 0 Å². The van der Waals surface area contributed by atoms with Gasteiger partial charge in [0.2, 0.25) is 5.91 Å². The van der Waals surface area contributed by atoms with E-state index in [1.54, 1.807) is 0 Å². The predicted molar refractivity (Wildman–Crippen MR) is 82.5 cm³/mol. The fourth-order valence-corrected chi connectivity index (χ4v) is 3.82. The molecule has 0 radical (unpaired) electrons. The molecule has 1 heterocycles. The number of amides is 1.